The van der Waals surface area contributed by atoms with Crippen LogP contribution in [0.1, 0.15) is 23.6 Å². The van der Waals surface area contributed by atoms with Gasteiger partial charge in [-0.1, -0.05) is 36.4 Å². The highest BCUT2D eigenvalue weighted by atomic mass is 32.2. The van der Waals surface area contributed by atoms with Crippen LogP contribution in [0.3, 0.4) is 0 Å². The largest absolute Gasteiger partial charge is 0.469 e. The fraction of sp³-hybridized carbons (Fsp3) is 0.235. The monoisotopic (exact) mass is 349 g/mol. The molecule has 0 saturated carbocycles. The molecule has 5 nitrogen and oxygen atoms in total. The summed E-state index contributed by atoms with van der Waals surface area (Å²) in [6.07, 6.45) is -0.145. The Balaban J connectivity index is 2.22. The highest BCUT2D eigenvalue weighted by molar-refractivity contribution is 7.93. The first-order valence-corrected chi connectivity index (χ1v) is 8.78. The molecule has 2 aromatic carbocycles. The van der Waals surface area contributed by atoms with E-state index in [-0.39, 0.29) is 16.9 Å². The van der Waals surface area contributed by atoms with Gasteiger partial charge in [0, 0.05) is 5.56 Å². The summed E-state index contributed by atoms with van der Waals surface area (Å²) in [6, 6.07) is 12.4. The Morgan fingerprint density at radius 3 is 2.50 bits per heavy atom. The van der Waals surface area contributed by atoms with E-state index in [1.165, 1.54) is 17.5 Å². The van der Waals surface area contributed by atoms with Crippen LogP contribution in [0, 0.1) is 0 Å². The number of esters is 1. The molecule has 1 unspecified atom stereocenters. The Kier molecular flexibility index (Phi) is 4.28. The predicted octanol–water partition coefficient (Wildman–Crippen LogP) is 2.97. The van der Waals surface area contributed by atoms with Crippen molar-refractivity contribution in [3.05, 3.63) is 59.7 Å². The number of carbonyl (C=O) groups is 1. The quantitative estimate of drug-likeness (QED) is 0.796. The Hall–Kier alpha value is -2.41. The van der Waals surface area contributed by atoms with E-state index >= 15 is 0 Å². The number of methoxy groups -OCH3 is 1. The molecule has 1 aliphatic heterocycles. The maximum absolute atomic E-state index is 13.3. The molecule has 0 radical (unpaired) electrons. The van der Waals surface area contributed by atoms with Gasteiger partial charge in [-0.2, -0.15) is 0 Å². The summed E-state index contributed by atoms with van der Waals surface area (Å²) in [6.45, 7) is -0.893. The molecule has 1 aliphatic rings. The smallest absolute Gasteiger partial charge is 0.307 e. The van der Waals surface area contributed by atoms with Crippen LogP contribution in [0.15, 0.2) is 53.4 Å². The molecule has 0 N–H and O–H groups in total. The van der Waals surface area contributed by atoms with E-state index in [0.717, 1.165) is 0 Å². The van der Waals surface area contributed by atoms with Gasteiger partial charge in [0.2, 0.25) is 0 Å². The minimum Gasteiger partial charge on any atom is -0.469 e. The Labute approximate surface area is 139 Å². The molecule has 1 heterocycles. The number of alkyl halides is 1. The number of sulfonamides is 1. The summed E-state index contributed by atoms with van der Waals surface area (Å²) in [5.74, 6) is -0.533. The zero-order chi connectivity index (χ0) is 17.3. The van der Waals surface area contributed by atoms with Gasteiger partial charge >= 0.3 is 5.97 Å². The molecule has 0 aliphatic carbocycles. The van der Waals surface area contributed by atoms with Crippen molar-refractivity contribution in [3.8, 4) is 0 Å². The number of benzene rings is 2. The van der Waals surface area contributed by atoms with Crippen LogP contribution in [-0.4, -0.2) is 21.5 Å². The first kappa shape index (κ1) is 16.4. The maximum Gasteiger partial charge on any atom is 0.307 e. The lowest BCUT2D eigenvalue weighted by Gasteiger charge is -2.25. The van der Waals surface area contributed by atoms with Crippen LogP contribution in [0.5, 0.6) is 0 Å². The predicted molar refractivity (Wildman–Crippen MR) is 86.7 cm³/mol. The SMILES string of the molecule is COC(=O)CC1c2cccc(CF)c2S(=O)(=O)N1c1ccccc1. The second-order valence-electron chi connectivity index (χ2n) is 5.40. The molecule has 3 rings (SSSR count). The van der Waals surface area contributed by atoms with E-state index in [1.807, 2.05) is 0 Å². The van der Waals surface area contributed by atoms with E-state index in [1.54, 1.807) is 42.5 Å². The topological polar surface area (TPSA) is 63.7 Å². The molecule has 0 aromatic heterocycles. The molecule has 0 amide bonds. The summed E-state index contributed by atoms with van der Waals surface area (Å²) in [5, 5.41) is 0. The molecule has 1 atom stereocenters. The number of rotatable bonds is 4. The average Bonchev–Trinajstić information content (AvgIpc) is 2.82. The molecular weight excluding hydrogens is 333 g/mol. The van der Waals surface area contributed by atoms with E-state index < -0.39 is 28.7 Å². The van der Waals surface area contributed by atoms with Gasteiger partial charge in [-0.25, -0.2) is 12.8 Å². The molecule has 0 saturated heterocycles. The highest BCUT2D eigenvalue weighted by Gasteiger charge is 2.45. The van der Waals surface area contributed by atoms with E-state index in [2.05, 4.69) is 0 Å². The zero-order valence-corrected chi connectivity index (χ0v) is 13.8. The summed E-state index contributed by atoms with van der Waals surface area (Å²) < 4.78 is 45.3. The van der Waals surface area contributed by atoms with Gasteiger partial charge in [0.25, 0.3) is 10.0 Å². The fourth-order valence-corrected chi connectivity index (χ4v) is 5.08. The minimum absolute atomic E-state index is 0.0507. The lowest BCUT2D eigenvalue weighted by Crippen LogP contribution is -2.30. The molecule has 24 heavy (non-hydrogen) atoms. The summed E-state index contributed by atoms with van der Waals surface area (Å²) in [5.41, 5.74) is 0.938. The number of fused-ring (bicyclic) bond motifs is 1. The van der Waals surface area contributed by atoms with Crippen LogP contribution in [0.25, 0.3) is 0 Å². The van der Waals surface area contributed by atoms with Crippen molar-refractivity contribution in [2.45, 2.75) is 24.0 Å². The van der Waals surface area contributed by atoms with E-state index in [4.69, 9.17) is 4.74 Å². The third-order valence-electron chi connectivity index (χ3n) is 4.03. The number of carbonyl (C=O) groups excluding carboxylic acids is 1. The summed E-state index contributed by atoms with van der Waals surface area (Å²) in [7, 11) is -2.71. The molecule has 0 fully saturated rings. The number of hydrogen-bond acceptors (Lipinski definition) is 4. The van der Waals surface area contributed by atoms with E-state index in [9.17, 15) is 17.6 Å². The van der Waals surface area contributed by atoms with Crippen molar-refractivity contribution in [2.24, 2.45) is 0 Å². The van der Waals surface area contributed by atoms with Gasteiger partial charge in [0.1, 0.15) is 6.67 Å². The highest BCUT2D eigenvalue weighted by Crippen LogP contribution is 2.45. The first-order chi connectivity index (χ1) is 11.5. The second-order valence-corrected chi connectivity index (χ2v) is 7.15. The molecule has 126 valence electrons. The van der Waals surface area contributed by atoms with Gasteiger partial charge in [0.05, 0.1) is 30.2 Å². The van der Waals surface area contributed by atoms with Gasteiger partial charge in [-0.05, 0) is 17.7 Å². The Bertz CT molecular complexity index is 867. The van der Waals surface area contributed by atoms with Crippen LogP contribution in [-0.2, 0) is 26.2 Å². The van der Waals surface area contributed by atoms with Gasteiger partial charge < -0.3 is 4.74 Å². The summed E-state index contributed by atoms with van der Waals surface area (Å²) >= 11 is 0. The number of anilines is 1. The summed E-state index contributed by atoms with van der Waals surface area (Å²) in [4.78, 5) is 11.8. The van der Waals surface area contributed by atoms with Gasteiger partial charge in [-0.3, -0.25) is 9.10 Å². The van der Waals surface area contributed by atoms with Crippen LogP contribution < -0.4 is 4.31 Å². The van der Waals surface area contributed by atoms with Crippen LogP contribution in [0.4, 0.5) is 10.1 Å². The van der Waals surface area contributed by atoms with Crippen LogP contribution >= 0.6 is 0 Å². The number of hydrogen-bond donors (Lipinski definition) is 0. The van der Waals surface area contributed by atoms with Crippen molar-refractivity contribution >= 4 is 21.7 Å². The van der Waals surface area contributed by atoms with Gasteiger partial charge in [0.15, 0.2) is 0 Å². The molecule has 2 aromatic rings. The fourth-order valence-electron chi connectivity index (χ4n) is 3.01. The Morgan fingerprint density at radius 1 is 1.17 bits per heavy atom. The van der Waals surface area contributed by atoms with Crippen molar-refractivity contribution in [1.82, 2.24) is 0 Å². The van der Waals surface area contributed by atoms with Crippen LogP contribution in [0.2, 0.25) is 0 Å². The van der Waals surface area contributed by atoms with Crippen molar-refractivity contribution in [1.29, 1.82) is 0 Å². The standard InChI is InChI=1S/C17H16FNO4S/c1-23-16(20)10-15-14-9-5-6-12(11-18)17(14)24(21,22)19(15)13-7-3-2-4-8-13/h2-9,15H,10-11H2,1H3. The normalized spacial score (nSPS) is 18.2. The zero-order valence-electron chi connectivity index (χ0n) is 13.0. The minimum atomic E-state index is -3.96. The Morgan fingerprint density at radius 2 is 1.88 bits per heavy atom. The van der Waals surface area contributed by atoms with Crippen molar-refractivity contribution in [3.63, 3.8) is 0 Å². The molecule has 0 spiro atoms. The number of para-hydroxylation sites is 1. The van der Waals surface area contributed by atoms with Gasteiger partial charge in [-0.15, -0.1) is 0 Å². The maximum atomic E-state index is 13.3. The third-order valence-corrected chi connectivity index (χ3v) is 6.03. The molecule has 7 heteroatoms. The average molecular weight is 349 g/mol. The lowest BCUT2D eigenvalue weighted by molar-refractivity contribution is -0.141. The van der Waals surface area contributed by atoms with Crippen molar-refractivity contribution in [2.75, 3.05) is 11.4 Å². The number of nitrogens with zero attached hydrogens (tertiary/aromatic N) is 1. The number of halogens is 1. The number of ether oxygens (including phenoxy) is 1. The van der Waals surface area contributed by atoms with E-state index in [0.29, 0.717) is 11.3 Å². The first-order valence-electron chi connectivity index (χ1n) is 7.34. The molecular formula is C17H16FNO4S. The molecule has 0 bridgehead atoms. The van der Waals surface area contributed by atoms with Crippen molar-refractivity contribution < 1.29 is 22.3 Å². The second kappa shape index (κ2) is 6.24. The lowest BCUT2D eigenvalue weighted by atomic mass is 10.0. The third kappa shape index (κ3) is 2.54.